The highest BCUT2D eigenvalue weighted by atomic mass is 16.4. The van der Waals surface area contributed by atoms with Crippen LogP contribution in [-0.4, -0.2) is 50.7 Å². The van der Waals surface area contributed by atoms with E-state index in [1.165, 1.54) is 110 Å². The molecule has 0 aromatic rings. The summed E-state index contributed by atoms with van der Waals surface area (Å²) in [5.41, 5.74) is 0. The second-order valence-corrected chi connectivity index (χ2v) is 10.4. The molecule has 210 valence electrons. The fourth-order valence-electron chi connectivity index (χ4n) is 5.03. The fraction of sp³-hybridized carbons (Fsp3) is 0.828. The molecule has 0 radical (unpaired) electrons. The maximum atomic E-state index is 11.7. The summed E-state index contributed by atoms with van der Waals surface area (Å²) >= 11 is 0. The van der Waals surface area contributed by atoms with Crippen molar-refractivity contribution in [3.8, 4) is 0 Å². The van der Waals surface area contributed by atoms with Gasteiger partial charge in [-0.05, 0) is 39.7 Å². The molecule has 0 amide bonds. The van der Waals surface area contributed by atoms with Crippen molar-refractivity contribution in [2.45, 2.75) is 155 Å². The lowest BCUT2D eigenvalue weighted by Crippen LogP contribution is -2.68. The summed E-state index contributed by atoms with van der Waals surface area (Å²) in [5, 5.41) is 30.8. The van der Waals surface area contributed by atoms with Crippen LogP contribution in [0, 0.1) is 0 Å². The third-order valence-corrected chi connectivity index (χ3v) is 7.66. The number of nitrogens with zero attached hydrogens (tertiary/aromatic N) is 1. The molecule has 0 aliphatic rings. The molecule has 0 saturated carbocycles. The predicted molar refractivity (Wildman–Crippen MR) is 142 cm³/mol. The lowest BCUT2D eigenvalue weighted by atomic mass is 10.0. The summed E-state index contributed by atoms with van der Waals surface area (Å²) in [6.45, 7) is 6.26. The van der Waals surface area contributed by atoms with Crippen LogP contribution in [0.15, 0.2) is 12.3 Å². The van der Waals surface area contributed by atoms with Gasteiger partial charge in [-0.25, -0.2) is 9.59 Å². The van der Waals surface area contributed by atoms with Crippen molar-refractivity contribution in [2.24, 2.45) is 0 Å². The Hall–Kier alpha value is -1.89. The highest BCUT2D eigenvalue weighted by molar-refractivity contribution is 5.77. The topological polar surface area (TPSA) is 115 Å². The van der Waals surface area contributed by atoms with Gasteiger partial charge in [-0.15, -0.1) is 0 Å². The normalized spacial score (nSPS) is 15.9. The Kier molecular flexibility index (Phi) is 19.1. The van der Waals surface area contributed by atoms with Crippen molar-refractivity contribution in [1.29, 1.82) is 0 Å². The number of carboxylic acid groups (broad SMARTS) is 3. The lowest BCUT2D eigenvalue weighted by molar-refractivity contribution is -0.923. The number of quaternary nitrogens is 1. The largest absolute Gasteiger partial charge is 0.544 e. The molecule has 0 aliphatic carbocycles. The summed E-state index contributed by atoms with van der Waals surface area (Å²) in [6.07, 6.45) is 24.3. The minimum atomic E-state index is -1.47. The molecule has 0 fully saturated rings. The number of hydrogen-bond donors (Lipinski definition) is 2. The van der Waals surface area contributed by atoms with Gasteiger partial charge in [0.15, 0.2) is 12.1 Å². The molecule has 36 heavy (non-hydrogen) atoms. The number of carbonyl (C=O) groups is 3. The molecule has 0 aromatic heterocycles. The van der Waals surface area contributed by atoms with E-state index >= 15 is 0 Å². The minimum absolute atomic E-state index is 0.650. The zero-order valence-corrected chi connectivity index (χ0v) is 23.4. The first kappa shape index (κ1) is 34.1. The van der Waals surface area contributed by atoms with Gasteiger partial charge in [0.1, 0.15) is 6.04 Å². The van der Waals surface area contributed by atoms with Crippen molar-refractivity contribution in [3.05, 3.63) is 12.3 Å². The summed E-state index contributed by atoms with van der Waals surface area (Å²) in [7, 11) is 0. The standard InChI is InChI=1S/C29H53NO6/c1-5-6-7-8-9-10-11-12-13-14-15-16-17-18-19-20-21-22-23-30(24(2)27(31)32,25(3)28(33)34)26(4)29(35)36/h22-26H,5-21H2,1-4H3,(H2-,31,32,33,34,35,36)/b23-22+. The van der Waals surface area contributed by atoms with E-state index in [2.05, 4.69) is 6.92 Å². The summed E-state index contributed by atoms with van der Waals surface area (Å²) in [5.74, 6) is -3.96. The molecule has 7 nitrogen and oxygen atoms in total. The molecule has 0 heterocycles. The molecule has 3 unspecified atom stereocenters. The fourth-order valence-corrected chi connectivity index (χ4v) is 5.03. The van der Waals surface area contributed by atoms with Crippen molar-refractivity contribution in [1.82, 2.24) is 0 Å². The number of unbranched alkanes of at least 4 members (excludes halogenated alkanes) is 16. The third kappa shape index (κ3) is 12.9. The van der Waals surface area contributed by atoms with E-state index in [9.17, 15) is 29.7 Å². The molecule has 0 aliphatic heterocycles. The molecule has 0 spiro atoms. The van der Waals surface area contributed by atoms with Gasteiger partial charge in [-0.1, -0.05) is 103 Å². The predicted octanol–water partition coefficient (Wildman–Crippen LogP) is 6.05. The minimum Gasteiger partial charge on any atom is -0.544 e. The molecule has 7 heteroatoms. The Bertz CT molecular complexity index is 597. The first-order chi connectivity index (χ1) is 17.1. The first-order valence-corrected chi connectivity index (χ1v) is 14.3. The van der Waals surface area contributed by atoms with Crippen LogP contribution in [0.1, 0.15) is 137 Å². The maximum absolute atomic E-state index is 11.7. The highest BCUT2D eigenvalue weighted by Gasteiger charge is 2.49. The molecule has 3 atom stereocenters. The molecular weight excluding hydrogens is 458 g/mol. The molecule has 0 rings (SSSR count). The summed E-state index contributed by atoms with van der Waals surface area (Å²) in [4.78, 5) is 35.1. The molecule has 0 bridgehead atoms. The maximum Gasteiger partial charge on any atom is 0.362 e. The van der Waals surface area contributed by atoms with Gasteiger partial charge in [-0.3, -0.25) is 4.48 Å². The number of hydrogen-bond acceptors (Lipinski definition) is 4. The monoisotopic (exact) mass is 511 g/mol. The van der Waals surface area contributed by atoms with Crippen LogP contribution >= 0.6 is 0 Å². The molecule has 2 N–H and O–H groups in total. The van der Waals surface area contributed by atoms with Crippen LogP contribution in [0.25, 0.3) is 0 Å². The molecular formula is C29H53NO6. The van der Waals surface area contributed by atoms with Gasteiger partial charge in [-0.2, -0.15) is 0 Å². The van der Waals surface area contributed by atoms with Crippen molar-refractivity contribution in [3.63, 3.8) is 0 Å². The van der Waals surface area contributed by atoms with Crippen LogP contribution in [0.2, 0.25) is 0 Å². The average molecular weight is 512 g/mol. The van der Waals surface area contributed by atoms with Gasteiger partial charge in [0.2, 0.25) is 0 Å². The second-order valence-electron chi connectivity index (χ2n) is 10.4. The Balaban J connectivity index is 4.28. The first-order valence-electron chi connectivity index (χ1n) is 14.3. The van der Waals surface area contributed by atoms with Crippen molar-refractivity contribution < 1.29 is 34.2 Å². The van der Waals surface area contributed by atoms with Gasteiger partial charge in [0, 0.05) is 0 Å². The van der Waals surface area contributed by atoms with Crippen molar-refractivity contribution in [2.75, 3.05) is 0 Å². The van der Waals surface area contributed by atoms with Crippen molar-refractivity contribution >= 4 is 17.9 Å². The van der Waals surface area contributed by atoms with E-state index in [1.54, 1.807) is 6.08 Å². The highest BCUT2D eigenvalue weighted by Crippen LogP contribution is 2.27. The Morgan fingerprint density at radius 3 is 1.28 bits per heavy atom. The van der Waals surface area contributed by atoms with E-state index in [0.717, 1.165) is 19.3 Å². The van der Waals surface area contributed by atoms with Crippen LogP contribution < -0.4 is 5.11 Å². The van der Waals surface area contributed by atoms with E-state index in [1.807, 2.05) is 0 Å². The SMILES string of the molecule is CCCCCCCCCCCCCCCCCC/C=C/[N+](C(C)C(=O)[O-])(C(C)C(=O)O)C(C)C(=O)O. The number of carbonyl (C=O) groups excluding carboxylic acids is 1. The number of aliphatic carboxylic acids is 3. The smallest absolute Gasteiger partial charge is 0.362 e. The number of allylic oxidation sites excluding steroid dienone is 1. The zero-order valence-electron chi connectivity index (χ0n) is 23.4. The zero-order chi connectivity index (χ0) is 27.4. The van der Waals surface area contributed by atoms with Crippen LogP contribution in [0.3, 0.4) is 0 Å². The Morgan fingerprint density at radius 1 is 0.639 bits per heavy atom. The number of rotatable bonds is 24. The number of carboxylic acids is 3. The quantitative estimate of drug-likeness (QED) is 0.120. The Morgan fingerprint density at radius 2 is 0.972 bits per heavy atom. The summed E-state index contributed by atoms with van der Waals surface area (Å²) < 4.78 is -0.716. The second kappa shape index (κ2) is 20.2. The van der Waals surface area contributed by atoms with E-state index in [0.29, 0.717) is 6.42 Å². The van der Waals surface area contributed by atoms with Gasteiger partial charge >= 0.3 is 11.9 Å². The van der Waals surface area contributed by atoms with Crippen LogP contribution in [-0.2, 0) is 14.4 Å². The molecule has 0 saturated heterocycles. The van der Waals surface area contributed by atoms with E-state index in [-0.39, 0.29) is 0 Å². The van der Waals surface area contributed by atoms with E-state index < -0.39 is 40.5 Å². The third-order valence-electron chi connectivity index (χ3n) is 7.66. The summed E-state index contributed by atoms with van der Waals surface area (Å²) in [6, 6.07) is -3.80. The van der Waals surface area contributed by atoms with Gasteiger partial charge in [0.25, 0.3) is 0 Å². The Labute approximate surface area is 219 Å². The van der Waals surface area contributed by atoms with Crippen LogP contribution in [0.5, 0.6) is 0 Å². The van der Waals surface area contributed by atoms with Crippen LogP contribution in [0.4, 0.5) is 0 Å². The molecule has 0 aromatic carbocycles. The lowest BCUT2D eigenvalue weighted by Gasteiger charge is -2.46. The van der Waals surface area contributed by atoms with Gasteiger partial charge < -0.3 is 20.1 Å². The van der Waals surface area contributed by atoms with E-state index in [4.69, 9.17) is 0 Å². The van der Waals surface area contributed by atoms with Gasteiger partial charge in [0.05, 0.1) is 12.2 Å². The average Bonchev–Trinajstić information content (AvgIpc) is 2.84.